The normalized spacial score (nSPS) is 18.3. The topological polar surface area (TPSA) is 20.3 Å². The first kappa shape index (κ1) is 17.2. The van der Waals surface area contributed by atoms with Gasteiger partial charge in [0.15, 0.2) is 0 Å². The van der Waals surface area contributed by atoms with Crippen LogP contribution in [0.1, 0.15) is 22.1 Å². The fourth-order valence-corrected chi connectivity index (χ4v) is 3.89. The van der Waals surface area contributed by atoms with Crippen molar-refractivity contribution in [3.8, 4) is 0 Å². The number of rotatable bonds is 2. The smallest absolute Gasteiger partial charge is 0.295 e. The largest absolute Gasteiger partial charge is 0.416 e. The van der Waals surface area contributed by atoms with Gasteiger partial charge >= 0.3 is 6.18 Å². The molecule has 0 aromatic heterocycles. The van der Waals surface area contributed by atoms with Gasteiger partial charge in [-0.3, -0.25) is 9.69 Å². The van der Waals surface area contributed by atoms with E-state index < -0.39 is 17.1 Å². The average molecular weight is 372 g/mol. The minimum Gasteiger partial charge on any atom is -0.295 e. The second-order valence-electron chi connectivity index (χ2n) is 5.48. The Hall–Kier alpha value is -1.66. The molecule has 1 unspecified atom stereocenters. The highest BCUT2D eigenvalue weighted by Crippen LogP contribution is 2.43. The maximum absolute atomic E-state index is 12.9. The molecule has 0 aliphatic carbocycles. The molecule has 0 saturated carbocycles. The molecule has 7 heteroatoms. The fourth-order valence-electron chi connectivity index (χ4n) is 2.55. The Morgan fingerprint density at radius 1 is 1.21 bits per heavy atom. The highest BCUT2D eigenvalue weighted by molar-refractivity contribution is 8.00. The van der Waals surface area contributed by atoms with E-state index in [2.05, 4.69) is 0 Å². The number of hydrogen-bond donors (Lipinski definition) is 0. The van der Waals surface area contributed by atoms with Crippen molar-refractivity contribution in [2.24, 2.45) is 0 Å². The van der Waals surface area contributed by atoms with E-state index in [1.165, 1.54) is 22.7 Å². The first-order valence-electron chi connectivity index (χ1n) is 7.14. The molecule has 0 radical (unpaired) electrons. The number of aryl methyl sites for hydroxylation is 1. The van der Waals surface area contributed by atoms with E-state index in [0.29, 0.717) is 16.3 Å². The summed E-state index contributed by atoms with van der Waals surface area (Å²) < 4.78 is 38.8. The number of carbonyl (C=O) groups is 1. The third-order valence-corrected chi connectivity index (χ3v) is 5.42. The summed E-state index contributed by atoms with van der Waals surface area (Å²) in [5.41, 5.74) is 1.18. The minimum absolute atomic E-state index is 0.151. The van der Waals surface area contributed by atoms with Crippen LogP contribution in [-0.2, 0) is 11.0 Å². The summed E-state index contributed by atoms with van der Waals surface area (Å²) in [7, 11) is 0. The molecule has 1 aliphatic heterocycles. The molecule has 1 fully saturated rings. The first-order valence-corrected chi connectivity index (χ1v) is 8.57. The Morgan fingerprint density at radius 3 is 2.62 bits per heavy atom. The summed E-state index contributed by atoms with van der Waals surface area (Å²) in [5.74, 6) is 0.0641. The van der Waals surface area contributed by atoms with Gasteiger partial charge < -0.3 is 0 Å². The summed E-state index contributed by atoms with van der Waals surface area (Å²) in [5, 5.41) is 0.0126. The number of hydrogen-bond acceptors (Lipinski definition) is 2. The summed E-state index contributed by atoms with van der Waals surface area (Å²) >= 11 is 7.43. The van der Waals surface area contributed by atoms with Crippen molar-refractivity contribution >= 4 is 35.0 Å². The van der Waals surface area contributed by atoms with E-state index in [0.717, 1.165) is 17.7 Å². The van der Waals surface area contributed by atoms with Gasteiger partial charge in [0, 0.05) is 10.7 Å². The Kier molecular flexibility index (Phi) is 4.53. The molecule has 24 heavy (non-hydrogen) atoms. The third-order valence-electron chi connectivity index (χ3n) is 3.80. The van der Waals surface area contributed by atoms with Crippen LogP contribution in [0, 0.1) is 6.92 Å². The van der Waals surface area contributed by atoms with Crippen LogP contribution in [0.4, 0.5) is 18.9 Å². The molecule has 1 atom stereocenters. The van der Waals surface area contributed by atoms with Gasteiger partial charge in [0.1, 0.15) is 5.37 Å². The van der Waals surface area contributed by atoms with Crippen molar-refractivity contribution < 1.29 is 18.0 Å². The van der Waals surface area contributed by atoms with Gasteiger partial charge in [-0.15, -0.1) is 11.8 Å². The maximum Gasteiger partial charge on any atom is 0.416 e. The molecule has 0 spiro atoms. The number of anilines is 1. The zero-order valence-electron chi connectivity index (χ0n) is 12.6. The molecular weight excluding hydrogens is 359 g/mol. The van der Waals surface area contributed by atoms with E-state index in [9.17, 15) is 18.0 Å². The van der Waals surface area contributed by atoms with E-state index >= 15 is 0 Å². The van der Waals surface area contributed by atoms with Crippen LogP contribution in [0.5, 0.6) is 0 Å². The molecule has 2 aromatic rings. The molecule has 0 bridgehead atoms. The number of benzene rings is 2. The lowest BCUT2D eigenvalue weighted by atomic mass is 10.1. The maximum atomic E-state index is 12.9. The average Bonchev–Trinajstić information content (AvgIpc) is 2.91. The highest BCUT2D eigenvalue weighted by Gasteiger charge is 2.36. The molecule has 1 heterocycles. The van der Waals surface area contributed by atoms with Gasteiger partial charge in [-0.1, -0.05) is 29.8 Å². The monoisotopic (exact) mass is 371 g/mol. The number of carbonyl (C=O) groups excluding carboxylic acids is 1. The standard InChI is InChI=1S/C17H13ClF3NOS/c1-10-5-6-13(8-14(10)18)22-15(23)9-24-16(22)11-3-2-4-12(7-11)17(19,20)21/h2-8,16H,9H2,1H3. The lowest BCUT2D eigenvalue weighted by Crippen LogP contribution is -2.28. The van der Waals surface area contributed by atoms with Crippen LogP contribution >= 0.6 is 23.4 Å². The number of thioether (sulfide) groups is 1. The van der Waals surface area contributed by atoms with Gasteiger partial charge in [0.05, 0.1) is 11.3 Å². The van der Waals surface area contributed by atoms with Gasteiger partial charge in [-0.25, -0.2) is 0 Å². The predicted octanol–water partition coefficient (Wildman–Crippen LogP) is 5.45. The molecule has 2 nitrogen and oxygen atoms in total. The van der Waals surface area contributed by atoms with Crippen molar-refractivity contribution in [2.75, 3.05) is 10.7 Å². The van der Waals surface area contributed by atoms with Crippen LogP contribution in [0.25, 0.3) is 0 Å². The van der Waals surface area contributed by atoms with Crippen LogP contribution < -0.4 is 4.90 Å². The Balaban J connectivity index is 2.01. The van der Waals surface area contributed by atoms with Gasteiger partial charge in [-0.2, -0.15) is 13.2 Å². The number of alkyl halides is 3. The second-order valence-corrected chi connectivity index (χ2v) is 6.96. The molecule has 2 aromatic carbocycles. The van der Waals surface area contributed by atoms with Crippen molar-refractivity contribution in [2.45, 2.75) is 18.5 Å². The Morgan fingerprint density at radius 2 is 1.96 bits per heavy atom. The van der Waals surface area contributed by atoms with Crippen molar-refractivity contribution in [1.29, 1.82) is 0 Å². The van der Waals surface area contributed by atoms with Crippen LogP contribution in [-0.4, -0.2) is 11.7 Å². The Labute approximate surface area is 146 Å². The molecule has 3 rings (SSSR count). The van der Waals surface area contributed by atoms with Gasteiger partial charge in [0.25, 0.3) is 0 Å². The minimum atomic E-state index is -4.42. The summed E-state index contributed by atoms with van der Waals surface area (Å²) in [6.07, 6.45) is -4.42. The lowest BCUT2D eigenvalue weighted by Gasteiger charge is -2.25. The SMILES string of the molecule is Cc1ccc(N2C(=O)CSC2c2cccc(C(F)(F)F)c2)cc1Cl. The molecule has 126 valence electrons. The van der Waals surface area contributed by atoms with Crippen LogP contribution in [0.15, 0.2) is 42.5 Å². The molecule has 1 amide bonds. The van der Waals surface area contributed by atoms with E-state index in [-0.39, 0.29) is 11.7 Å². The molecule has 1 saturated heterocycles. The highest BCUT2D eigenvalue weighted by atomic mass is 35.5. The summed E-state index contributed by atoms with van der Waals surface area (Å²) in [6.45, 7) is 1.84. The Bertz CT molecular complexity index is 794. The number of halogens is 4. The van der Waals surface area contributed by atoms with Crippen molar-refractivity contribution in [1.82, 2.24) is 0 Å². The number of nitrogens with zero attached hydrogens (tertiary/aromatic N) is 1. The molecule has 0 N–H and O–H groups in total. The summed E-state index contributed by atoms with van der Waals surface area (Å²) in [6, 6.07) is 10.3. The zero-order valence-corrected chi connectivity index (χ0v) is 14.2. The molecule has 1 aliphatic rings. The zero-order chi connectivity index (χ0) is 17.5. The quantitative estimate of drug-likeness (QED) is 0.700. The van der Waals surface area contributed by atoms with Gasteiger partial charge in [-0.05, 0) is 42.3 Å². The van der Waals surface area contributed by atoms with Gasteiger partial charge in [0.2, 0.25) is 5.91 Å². The predicted molar refractivity (Wildman–Crippen MR) is 90.3 cm³/mol. The third kappa shape index (κ3) is 3.26. The van der Waals surface area contributed by atoms with E-state index in [4.69, 9.17) is 11.6 Å². The van der Waals surface area contributed by atoms with Crippen LogP contribution in [0.3, 0.4) is 0 Å². The second kappa shape index (κ2) is 6.33. The lowest BCUT2D eigenvalue weighted by molar-refractivity contribution is -0.137. The first-order chi connectivity index (χ1) is 11.3. The van der Waals surface area contributed by atoms with Crippen molar-refractivity contribution in [3.63, 3.8) is 0 Å². The van der Waals surface area contributed by atoms with Crippen molar-refractivity contribution in [3.05, 3.63) is 64.2 Å². The fraction of sp³-hybridized carbons (Fsp3) is 0.235. The number of amides is 1. The molecular formula is C17H13ClF3NOS. The van der Waals surface area contributed by atoms with Crippen LogP contribution in [0.2, 0.25) is 5.02 Å². The summed E-state index contributed by atoms with van der Waals surface area (Å²) in [4.78, 5) is 13.8. The van der Waals surface area contributed by atoms with E-state index in [1.807, 2.05) is 6.92 Å². The van der Waals surface area contributed by atoms with E-state index in [1.54, 1.807) is 24.3 Å².